The van der Waals surface area contributed by atoms with Gasteiger partial charge in [0.05, 0.1) is 31.6 Å². The first-order valence-corrected chi connectivity index (χ1v) is 9.58. The van der Waals surface area contributed by atoms with Gasteiger partial charge in [-0.05, 0) is 42.4 Å². The minimum Gasteiger partial charge on any atom is -0.437 e. The van der Waals surface area contributed by atoms with Gasteiger partial charge in [0.25, 0.3) is 5.91 Å². The van der Waals surface area contributed by atoms with Crippen LogP contribution >= 0.6 is 0 Å². The highest BCUT2D eigenvalue weighted by Crippen LogP contribution is 2.26. The van der Waals surface area contributed by atoms with E-state index in [2.05, 4.69) is 15.3 Å². The van der Waals surface area contributed by atoms with E-state index in [9.17, 15) is 28.1 Å². The van der Waals surface area contributed by atoms with Crippen LogP contribution in [-0.2, 0) is 11.3 Å². The van der Waals surface area contributed by atoms with Crippen molar-refractivity contribution in [3.63, 3.8) is 0 Å². The topological polar surface area (TPSA) is 114 Å². The monoisotopic (exact) mass is 439 g/mol. The number of aliphatic hydroxyl groups is 1. The second-order valence-electron chi connectivity index (χ2n) is 7.13. The summed E-state index contributed by atoms with van der Waals surface area (Å²) >= 11 is 0. The third kappa shape index (κ3) is 5.93. The number of fused-ring (bicyclic) bond motifs is 1. The number of carbonyl (C=O) groups excluding carboxylic acids is 1. The van der Waals surface area contributed by atoms with E-state index in [4.69, 9.17) is 9.39 Å². The maximum Gasteiger partial charge on any atom is 0.492 e. The second kappa shape index (κ2) is 9.63. The summed E-state index contributed by atoms with van der Waals surface area (Å²) in [5.74, 6) is -0.115. The van der Waals surface area contributed by atoms with Crippen LogP contribution in [0.2, 0.25) is 0 Å². The van der Waals surface area contributed by atoms with Crippen molar-refractivity contribution in [2.75, 3.05) is 6.61 Å². The SMILES string of the molecule is Cc1c(Oc2cnc(C(=O)N[C@H](CO)CCCC(F)(F)F)cn2)ccc2c1B(O)OC2. The molecule has 0 radical (unpaired) electrons. The van der Waals surface area contributed by atoms with Crippen LogP contribution in [0.5, 0.6) is 11.6 Å². The lowest BCUT2D eigenvalue weighted by atomic mass is 9.76. The van der Waals surface area contributed by atoms with Gasteiger partial charge in [-0.2, -0.15) is 13.2 Å². The quantitative estimate of drug-likeness (QED) is 0.536. The molecule has 0 saturated carbocycles. The summed E-state index contributed by atoms with van der Waals surface area (Å²) in [7, 11) is -1.02. The van der Waals surface area contributed by atoms with Gasteiger partial charge < -0.3 is 24.8 Å². The molecule has 3 rings (SSSR count). The summed E-state index contributed by atoms with van der Waals surface area (Å²) in [5.41, 5.74) is 2.12. The van der Waals surface area contributed by atoms with E-state index in [1.54, 1.807) is 19.1 Å². The highest BCUT2D eigenvalue weighted by molar-refractivity contribution is 6.62. The first kappa shape index (κ1) is 23.0. The minimum absolute atomic E-state index is 0.0243. The van der Waals surface area contributed by atoms with E-state index in [-0.39, 0.29) is 24.4 Å². The fraction of sp³-hybridized carbons (Fsp3) is 0.421. The molecule has 0 unspecified atom stereocenters. The van der Waals surface area contributed by atoms with Crippen LogP contribution in [0.1, 0.15) is 40.9 Å². The number of halogens is 3. The molecule has 2 heterocycles. The lowest BCUT2D eigenvalue weighted by Gasteiger charge is -2.16. The Morgan fingerprint density at radius 1 is 1.35 bits per heavy atom. The van der Waals surface area contributed by atoms with Crippen LogP contribution in [0.4, 0.5) is 13.2 Å². The number of hydrogen-bond acceptors (Lipinski definition) is 7. The van der Waals surface area contributed by atoms with Gasteiger partial charge in [-0.1, -0.05) is 6.07 Å². The molecule has 166 valence electrons. The molecule has 1 aromatic carbocycles. The number of amides is 1. The van der Waals surface area contributed by atoms with Gasteiger partial charge in [-0.25, -0.2) is 9.97 Å². The zero-order valence-electron chi connectivity index (χ0n) is 16.6. The Morgan fingerprint density at radius 2 is 2.13 bits per heavy atom. The van der Waals surface area contributed by atoms with Gasteiger partial charge in [0.2, 0.25) is 5.88 Å². The van der Waals surface area contributed by atoms with Gasteiger partial charge in [0, 0.05) is 6.42 Å². The predicted octanol–water partition coefficient (Wildman–Crippen LogP) is 1.62. The number of hydrogen-bond donors (Lipinski definition) is 3. The van der Waals surface area contributed by atoms with Crippen LogP contribution in [0, 0.1) is 6.92 Å². The molecule has 1 atom stereocenters. The van der Waals surface area contributed by atoms with Gasteiger partial charge in [0.1, 0.15) is 11.4 Å². The Kier molecular flexibility index (Phi) is 7.13. The van der Waals surface area contributed by atoms with Crippen LogP contribution in [0.15, 0.2) is 24.5 Å². The normalized spacial score (nSPS) is 14.3. The number of rotatable bonds is 8. The van der Waals surface area contributed by atoms with Crippen LogP contribution in [0.3, 0.4) is 0 Å². The molecule has 3 N–H and O–H groups in total. The van der Waals surface area contributed by atoms with E-state index in [1.807, 2.05) is 0 Å². The smallest absolute Gasteiger partial charge is 0.437 e. The molecular formula is C19H21BF3N3O5. The molecule has 1 aliphatic rings. The van der Waals surface area contributed by atoms with E-state index >= 15 is 0 Å². The standard InChI is InChI=1S/C19H21BF3N3O5/c1-11-15(5-4-12-10-30-20(29)17(11)12)31-16-8-24-14(7-25-16)18(28)26-13(9-27)3-2-6-19(21,22)23/h4-5,7-8,13,27,29H,2-3,6,9-10H2,1H3,(H,26,28)/t13-/m0/s1. The average Bonchev–Trinajstić information content (AvgIpc) is 3.10. The fourth-order valence-electron chi connectivity index (χ4n) is 3.21. The number of aromatic nitrogens is 2. The molecule has 1 amide bonds. The third-order valence-corrected chi connectivity index (χ3v) is 4.84. The summed E-state index contributed by atoms with van der Waals surface area (Å²) in [6.07, 6.45) is -3.12. The summed E-state index contributed by atoms with van der Waals surface area (Å²) in [6.45, 7) is 1.59. The van der Waals surface area contributed by atoms with Crippen molar-refractivity contribution in [3.05, 3.63) is 41.3 Å². The maximum atomic E-state index is 12.2. The van der Waals surface area contributed by atoms with Crippen molar-refractivity contribution >= 4 is 18.5 Å². The number of nitrogens with zero attached hydrogens (tertiary/aromatic N) is 2. The molecule has 2 aromatic rings. The van der Waals surface area contributed by atoms with E-state index in [0.29, 0.717) is 23.4 Å². The summed E-state index contributed by atoms with van der Waals surface area (Å²) in [4.78, 5) is 20.2. The number of carbonyl (C=O) groups is 1. The van der Waals surface area contributed by atoms with Crippen molar-refractivity contribution < 1.29 is 37.5 Å². The molecular weight excluding hydrogens is 418 g/mol. The molecule has 0 fully saturated rings. The second-order valence-corrected chi connectivity index (χ2v) is 7.13. The number of nitrogens with one attached hydrogen (secondary N) is 1. The molecule has 0 saturated heterocycles. The lowest BCUT2D eigenvalue weighted by molar-refractivity contribution is -0.135. The van der Waals surface area contributed by atoms with Crippen molar-refractivity contribution in [1.82, 2.24) is 15.3 Å². The first-order chi connectivity index (χ1) is 14.7. The molecule has 12 heteroatoms. The number of ether oxygens (including phenoxy) is 1. The van der Waals surface area contributed by atoms with Crippen molar-refractivity contribution in [3.8, 4) is 11.6 Å². The fourth-order valence-corrected chi connectivity index (χ4v) is 3.21. The molecule has 1 aromatic heterocycles. The Hall–Kier alpha value is -2.70. The number of aliphatic hydroxyl groups excluding tert-OH is 1. The zero-order chi connectivity index (χ0) is 22.6. The third-order valence-electron chi connectivity index (χ3n) is 4.84. The molecule has 0 bridgehead atoms. The van der Waals surface area contributed by atoms with Crippen LogP contribution in [0.25, 0.3) is 0 Å². The zero-order valence-corrected chi connectivity index (χ0v) is 16.6. The molecule has 8 nitrogen and oxygen atoms in total. The largest absolute Gasteiger partial charge is 0.492 e. The molecule has 1 aliphatic heterocycles. The molecule has 31 heavy (non-hydrogen) atoms. The van der Waals surface area contributed by atoms with Crippen LogP contribution < -0.4 is 15.5 Å². The highest BCUT2D eigenvalue weighted by Gasteiger charge is 2.30. The van der Waals surface area contributed by atoms with Crippen molar-refractivity contribution in [1.29, 1.82) is 0 Å². The summed E-state index contributed by atoms with van der Waals surface area (Å²) in [5, 5.41) is 21.6. The van der Waals surface area contributed by atoms with Crippen molar-refractivity contribution in [2.24, 2.45) is 0 Å². The van der Waals surface area contributed by atoms with Gasteiger partial charge >= 0.3 is 13.3 Å². The Morgan fingerprint density at radius 3 is 2.77 bits per heavy atom. The van der Waals surface area contributed by atoms with Gasteiger partial charge in [0.15, 0.2) is 0 Å². The Bertz CT molecular complexity index is 927. The Labute approximate surface area is 176 Å². The maximum absolute atomic E-state index is 12.2. The summed E-state index contributed by atoms with van der Waals surface area (Å²) < 4.78 is 47.6. The van der Waals surface area contributed by atoms with E-state index in [1.165, 1.54) is 6.20 Å². The van der Waals surface area contributed by atoms with E-state index < -0.39 is 38.3 Å². The Balaban J connectivity index is 1.60. The van der Waals surface area contributed by atoms with Gasteiger partial charge in [-0.15, -0.1) is 0 Å². The van der Waals surface area contributed by atoms with Crippen LogP contribution in [-0.4, -0.2) is 51.9 Å². The van der Waals surface area contributed by atoms with Crippen molar-refractivity contribution in [2.45, 2.75) is 45.0 Å². The first-order valence-electron chi connectivity index (χ1n) is 9.58. The summed E-state index contributed by atoms with van der Waals surface area (Å²) in [6, 6.07) is 2.66. The average molecular weight is 439 g/mol. The lowest BCUT2D eigenvalue weighted by Crippen LogP contribution is -2.38. The van der Waals surface area contributed by atoms with E-state index in [0.717, 1.165) is 11.8 Å². The van der Waals surface area contributed by atoms with Gasteiger partial charge in [-0.3, -0.25) is 4.79 Å². The molecule has 0 aliphatic carbocycles. The minimum atomic E-state index is -4.28. The molecule has 0 spiro atoms. The number of alkyl halides is 3. The highest BCUT2D eigenvalue weighted by atomic mass is 19.4. The predicted molar refractivity (Wildman–Crippen MR) is 104 cm³/mol. The number of benzene rings is 1.